The zero-order valence-electron chi connectivity index (χ0n) is 13.1. The zero-order valence-corrected chi connectivity index (χ0v) is 13.1. The number of benzene rings is 1. The number of furan rings is 1. The van der Waals surface area contributed by atoms with E-state index >= 15 is 0 Å². The monoisotopic (exact) mass is 324 g/mol. The van der Waals surface area contributed by atoms with Crippen molar-refractivity contribution >= 4 is 28.4 Å². The summed E-state index contributed by atoms with van der Waals surface area (Å²) in [4.78, 5) is 23.9. The van der Waals surface area contributed by atoms with Gasteiger partial charge in [-0.2, -0.15) is 0 Å². The Kier molecular flexibility index (Phi) is 3.19. The summed E-state index contributed by atoms with van der Waals surface area (Å²) >= 11 is 0. The van der Waals surface area contributed by atoms with E-state index in [9.17, 15) is 14.7 Å². The van der Waals surface area contributed by atoms with Crippen molar-refractivity contribution in [1.82, 2.24) is 4.57 Å². The van der Waals surface area contributed by atoms with Crippen molar-refractivity contribution in [3.63, 3.8) is 0 Å². The van der Waals surface area contributed by atoms with Crippen LogP contribution in [0.5, 0.6) is 0 Å². The molecule has 0 radical (unpaired) electrons. The number of aromatic nitrogens is 1. The molecular weight excluding hydrogens is 308 g/mol. The predicted molar refractivity (Wildman–Crippen MR) is 90.2 cm³/mol. The lowest BCUT2D eigenvalue weighted by molar-refractivity contribution is 0.0694. The number of carboxylic acid groups (broad SMARTS) is 1. The van der Waals surface area contributed by atoms with E-state index in [1.165, 1.54) is 6.20 Å². The Morgan fingerprint density at radius 1 is 1.38 bits per heavy atom. The summed E-state index contributed by atoms with van der Waals surface area (Å²) in [6, 6.07) is 7.26. The van der Waals surface area contributed by atoms with E-state index in [4.69, 9.17) is 4.42 Å². The second kappa shape index (κ2) is 5.26. The second-order valence-corrected chi connectivity index (χ2v) is 6.06. The lowest BCUT2D eigenvalue weighted by Gasteiger charge is -2.28. The number of carboxylic acids is 1. The van der Waals surface area contributed by atoms with E-state index in [1.54, 1.807) is 18.4 Å². The molecule has 4 rings (SSSR count). The van der Waals surface area contributed by atoms with Crippen LogP contribution in [0.4, 0.5) is 11.6 Å². The lowest BCUT2D eigenvalue weighted by atomic mass is 9.94. The standard InChI is InChI=1S/C18H16N2O4/c1-10-4-5-11-14(19-15-3-2-8-24-15)7-6-12-16(11)20(10)9-13(17(12)21)18(22)23/h2-3,6-10,19H,4-5H2,1H3,(H,22,23). The number of carbonyl (C=O) groups is 1. The molecule has 3 aromatic rings. The van der Waals surface area contributed by atoms with Crippen molar-refractivity contribution in [3.8, 4) is 0 Å². The van der Waals surface area contributed by atoms with Crippen LogP contribution in [0, 0.1) is 0 Å². The summed E-state index contributed by atoms with van der Waals surface area (Å²) in [5.41, 5.74) is 2.07. The third-order valence-corrected chi connectivity index (χ3v) is 4.59. The van der Waals surface area contributed by atoms with Crippen molar-refractivity contribution in [3.05, 3.63) is 58.1 Å². The number of hydrogen-bond acceptors (Lipinski definition) is 4. The van der Waals surface area contributed by atoms with Gasteiger partial charge in [-0.25, -0.2) is 4.79 Å². The van der Waals surface area contributed by atoms with Gasteiger partial charge in [0, 0.05) is 34.9 Å². The summed E-state index contributed by atoms with van der Waals surface area (Å²) in [5.74, 6) is -0.567. The molecule has 1 atom stereocenters. The van der Waals surface area contributed by atoms with E-state index in [1.807, 2.05) is 23.6 Å². The fourth-order valence-electron chi connectivity index (χ4n) is 3.37. The van der Waals surface area contributed by atoms with E-state index in [2.05, 4.69) is 5.32 Å². The Morgan fingerprint density at radius 3 is 2.92 bits per heavy atom. The Labute approximate surface area is 137 Å². The first-order valence-electron chi connectivity index (χ1n) is 7.81. The molecule has 0 amide bonds. The van der Waals surface area contributed by atoms with Gasteiger partial charge in [-0.1, -0.05) is 0 Å². The van der Waals surface area contributed by atoms with E-state index in [0.717, 1.165) is 29.6 Å². The van der Waals surface area contributed by atoms with Crippen LogP contribution < -0.4 is 10.7 Å². The Balaban J connectivity index is 2.00. The fourth-order valence-corrected chi connectivity index (χ4v) is 3.37. The normalized spacial score (nSPS) is 16.3. The number of anilines is 2. The van der Waals surface area contributed by atoms with Gasteiger partial charge in [0.2, 0.25) is 5.43 Å². The van der Waals surface area contributed by atoms with Crippen molar-refractivity contribution in [2.24, 2.45) is 0 Å². The van der Waals surface area contributed by atoms with Crippen molar-refractivity contribution in [2.75, 3.05) is 5.32 Å². The summed E-state index contributed by atoms with van der Waals surface area (Å²) < 4.78 is 7.24. The van der Waals surface area contributed by atoms with Gasteiger partial charge < -0.3 is 19.4 Å². The highest BCUT2D eigenvalue weighted by Gasteiger charge is 2.24. The molecule has 2 aromatic heterocycles. The predicted octanol–water partition coefficient (Wildman–Crippen LogP) is 3.54. The maximum atomic E-state index is 12.5. The SMILES string of the molecule is CC1CCc2c(Nc3ccco3)ccc3c(=O)c(C(=O)O)cn1c23. The molecule has 0 spiro atoms. The second-order valence-electron chi connectivity index (χ2n) is 6.06. The Morgan fingerprint density at radius 2 is 2.21 bits per heavy atom. The summed E-state index contributed by atoms with van der Waals surface area (Å²) in [7, 11) is 0. The largest absolute Gasteiger partial charge is 0.477 e. The lowest BCUT2D eigenvalue weighted by Crippen LogP contribution is -2.24. The Hall–Kier alpha value is -3.02. The number of nitrogens with one attached hydrogen (secondary N) is 1. The molecule has 0 bridgehead atoms. The molecule has 6 heteroatoms. The molecular formula is C18H16N2O4. The van der Waals surface area contributed by atoms with Gasteiger partial charge in [0.1, 0.15) is 5.56 Å². The average Bonchev–Trinajstić information content (AvgIpc) is 3.06. The van der Waals surface area contributed by atoms with Crippen LogP contribution in [-0.4, -0.2) is 15.6 Å². The molecule has 1 aliphatic heterocycles. The molecule has 0 saturated heterocycles. The molecule has 24 heavy (non-hydrogen) atoms. The first-order chi connectivity index (χ1) is 11.6. The minimum atomic E-state index is -1.19. The van der Waals surface area contributed by atoms with E-state index in [-0.39, 0.29) is 11.6 Å². The quantitative estimate of drug-likeness (QED) is 0.770. The highest BCUT2D eigenvalue weighted by molar-refractivity contribution is 5.95. The molecule has 122 valence electrons. The van der Waals surface area contributed by atoms with Crippen molar-refractivity contribution in [2.45, 2.75) is 25.8 Å². The average molecular weight is 324 g/mol. The summed E-state index contributed by atoms with van der Waals surface area (Å²) in [6.45, 7) is 2.03. The third-order valence-electron chi connectivity index (χ3n) is 4.59. The van der Waals surface area contributed by atoms with Crippen LogP contribution in [-0.2, 0) is 6.42 Å². The van der Waals surface area contributed by atoms with Crippen LogP contribution >= 0.6 is 0 Å². The molecule has 0 saturated carbocycles. The topological polar surface area (TPSA) is 84.5 Å². The van der Waals surface area contributed by atoms with Crippen molar-refractivity contribution in [1.29, 1.82) is 0 Å². The van der Waals surface area contributed by atoms with Crippen molar-refractivity contribution < 1.29 is 14.3 Å². The minimum absolute atomic E-state index is 0.137. The first-order valence-corrected chi connectivity index (χ1v) is 7.81. The number of aryl methyl sites for hydroxylation is 1. The van der Waals surface area contributed by atoms with Crippen LogP contribution in [0.1, 0.15) is 35.3 Å². The maximum absolute atomic E-state index is 12.5. The zero-order chi connectivity index (χ0) is 16.8. The molecule has 1 aromatic carbocycles. The van der Waals surface area contributed by atoms with Gasteiger partial charge in [0.15, 0.2) is 5.88 Å². The number of pyridine rings is 1. The van der Waals surface area contributed by atoms with E-state index in [0.29, 0.717) is 11.3 Å². The third kappa shape index (κ3) is 2.11. The van der Waals surface area contributed by atoms with Crippen LogP contribution in [0.2, 0.25) is 0 Å². The first kappa shape index (κ1) is 14.6. The number of hydrogen-bond donors (Lipinski definition) is 2. The summed E-state index contributed by atoms with van der Waals surface area (Å²) in [6.07, 6.45) is 4.75. The smallest absolute Gasteiger partial charge is 0.341 e. The van der Waals surface area contributed by atoms with Gasteiger partial charge in [0.05, 0.1) is 11.8 Å². The van der Waals surface area contributed by atoms with Crippen LogP contribution in [0.3, 0.4) is 0 Å². The van der Waals surface area contributed by atoms with Gasteiger partial charge in [0.25, 0.3) is 0 Å². The minimum Gasteiger partial charge on any atom is -0.477 e. The molecule has 6 nitrogen and oxygen atoms in total. The van der Waals surface area contributed by atoms with Gasteiger partial charge in [-0.3, -0.25) is 4.79 Å². The fraction of sp³-hybridized carbons (Fsp3) is 0.222. The molecule has 1 aliphatic rings. The van der Waals surface area contributed by atoms with Gasteiger partial charge >= 0.3 is 5.97 Å². The molecule has 3 heterocycles. The number of nitrogens with zero attached hydrogens (tertiary/aromatic N) is 1. The van der Waals surface area contributed by atoms with Crippen LogP contribution in [0.25, 0.3) is 10.9 Å². The van der Waals surface area contributed by atoms with Gasteiger partial charge in [-0.05, 0) is 38.0 Å². The molecule has 0 fully saturated rings. The molecule has 0 aliphatic carbocycles. The summed E-state index contributed by atoms with van der Waals surface area (Å²) in [5, 5.41) is 13.0. The van der Waals surface area contributed by atoms with Gasteiger partial charge in [-0.15, -0.1) is 0 Å². The van der Waals surface area contributed by atoms with E-state index < -0.39 is 11.4 Å². The molecule has 2 N–H and O–H groups in total. The number of aromatic carboxylic acids is 1. The Bertz CT molecular complexity index is 1000. The highest BCUT2D eigenvalue weighted by Crippen LogP contribution is 2.35. The molecule has 1 unspecified atom stereocenters. The maximum Gasteiger partial charge on any atom is 0.341 e. The van der Waals surface area contributed by atoms with Crippen LogP contribution in [0.15, 0.2) is 45.9 Å². The highest BCUT2D eigenvalue weighted by atomic mass is 16.4. The number of rotatable bonds is 3.